The third kappa shape index (κ3) is 3.34. The first-order valence-electron chi connectivity index (χ1n) is 6.59. The van der Waals surface area contributed by atoms with E-state index in [1.54, 1.807) is 0 Å². The Kier molecular flexibility index (Phi) is 4.51. The predicted octanol–water partition coefficient (Wildman–Crippen LogP) is 2.99. The van der Waals surface area contributed by atoms with E-state index in [9.17, 15) is 18.0 Å². The molecule has 1 fully saturated rings. The number of halogens is 3. The molecule has 0 bridgehead atoms. The van der Waals surface area contributed by atoms with Gasteiger partial charge in [-0.25, -0.2) is 0 Å². The Morgan fingerprint density at radius 2 is 1.95 bits per heavy atom. The number of nitrogens with two attached hydrogens (primary N) is 1. The van der Waals surface area contributed by atoms with Crippen molar-refractivity contribution in [3.05, 3.63) is 35.4 Å². The number of hydrogen-bond acceptors (Lipinski definition) is 2. The smallest absolute Gasteiger partial charge is 0.392 e. The highest BCUT2D eigenvalue weighted by atomic mass is 32.1. The predicted molar refractivity (Wildman–Crippen MR) is 76.9 cm³/mol. The van der Waals surface area contributed by atoms with Gasteiger partial charge in [0.15, 0.2) is 0 Å². The molecule has 1 amide bonds. The number of piperidine rings is 1. The number of benzene rings is 1. The first-order chi connectivity index (χ1) is 9.82. The Morgan fingerprint density at radius 3 is 2.57 bits per heavy atom. The van der Waals surface area contributed by atoms with Crippen LogP contribution in [0.1, 0.15) is 35.2 Å². The first kappa shape index (κ1) is 15.8. The average molecular weight is 316 g/mol. The number of likely N-dealkylation sites (tertiary alicyclic amines) is 1. The number of amides is 1. The molecule has 1 aliphatic rings. The number of carbonyl (C=O) groups is 1. The molecule has 1 unspecified atom stereocenters. The summed E-state index contributed by atoms with van der Waals surface area (Å²) in [4.78, 5) is 14.0. The van der Waals surface area contributed by atoms with Gasteiger partial charge >= 0.3 is 6.18 Å². The fraction of sp³-hybridized carbons (Fsp3) is 0.429. The molecule has 2 rings (SSSR count). The normalized spacial score (nSPS) is 19.4. The second-order valence-electron chi connectivity index (χ2n) is 4.96. The molecule has 3 nitrogen and oxygen atoms in total. The summed E-state index contributed by atoms with van der Waals surface area (Å²) in [6.45, 7) is 0.368. The highest BCUT2D eigenvalue weighted by Crippen LogP contribution is 2.33. The minimum absolute atomic E-state index is 0.146. The third-order valence-corrected chi connectivity index (χ3v) is 3.83. The minimum atomic E-state index is -4.57. The van der Waals surface area contributed by atoms with Crippen molar-refractivity contribution in [2.24, 2.45) is 5.73 Å². The summed E-state index contributed by atoms with van der Waals surface area (Å²) in [6, 6.07) is 4.31. The van der Waals surface area contributed by atoms with Crippen molar-refractivity contribution in [3.8, 4) is 0 Å². The van der Waals surface area contributed by atoms with Gasteiger partial charge in [0.05, 0.1) is 22.2 Å². The zero-order chi connectivity index (χ0) is 15.6. The minimum Gasteiger partial charge on any atom is -0.392 e. The van der Waals surface area contributed by atoms with Crippen LogP contribution in [0, 0.1) is 0 Å². The van der Waals surface area contributed by atoms with Gasteiger partial charge in [-0.2, -0.15) is 13.2 Å². The summed E-state index contributed by atoms with van der Waals surface area (Å²) in [5, 5.41) is 0. The van der Waals surface area contributed by atoms with E-state index in [1.165, 1.54) is 23.1 Å². The summed E-state index contributed by atoms with van der Waals surface area (Å²) in [7, 11) is 0. The number of carbonyl (C=O) groups excluding carboxylic acids is 1. The van der Waals surface area contributed by atoms with Gasteiger partial charge in [-0.15, -0.1) is 0 Å². The molecular formula is C14H15F3N2OS. The molecule has 0 radical (unpaired) electrons. The van der Waals surface area contributed by atoms with Crippen molar-refractivity contribution in [2.75, 3.05) is 6.54 Å². The maximum atomic E-state index is 13.0. The van der Waals surface area contributed by atoms with Crippen molar-refractivity contribution in [3.63, 3.8) is 0 Å². The summed E-state index contributed by atoms with van der Waals surface area (Å²) in [5.41, 5.74) is 4.33. The van der Waals surface area contributed by atoms with E-state index < -0.39 is 23.7 Å². The molecule has 1 aromatic rings. The quantitative estimate of drug-likeness (QED) is 0.853. The van der Waals surface area contributed by atoms with E-state index in [4.69, 9.17) is 18.0 Å². The molecule has 0 aromatic heterocycles. The van der Waals surface area contributed by atoms with Gasteiger partial charge < -0.3 is 10.6 Å². The topological polar surface area (TPSA) is 46.3 Å². The molecule has 1 atom stereocenters. The summed E-state index contributed by atoms with van der Waals surface area (Å²) in [6.07, 6.45) is -2.39. The Bertz CT molecular complexity index is 559. The monoisotopic (exact) mass is 316 g/mol. The third-order valence-electron chi connectivity index (χ3n) is 3.55. The molecule has 21 heavy (non-hydrogen) atoms. The van der Waals surface area contributed by atoms with E-state index in [1.807, 2.05) is 0 Å². The van der Waals surface area contributed by atoms with Crippen LogP contribution < -0.4 is 5.73 Å². The Hall–Kier alpha value is -1.63. The van der Waals surface area contributed by atoms with Crippen LogP contribution in [0.25, 0.3) is 0 Å². The zero-order valence-corrected chi connectivity index (χ0v) is 12.0. The van der Waals surface area contributed by atoms with E-state index >= 15 is 0 Å². The fourth-order valence-electron chi connectivity index (χ4n) is 2.54. The average Bonchev–Trinajstić information content (AvgIpc) is 2.45. The number of alkyl halides is 3. The number of rotatable bonds is 2. The molecule has 0 saturated carbocycles. The maximum absolute atomic E-state index is 13.0. The molecular weight excluding hydrogens is 301 g/mol. The van der Waals surface area contributed by atoms with Crippen LogP contribution in [0.2, 0.25) is 0 Å². The maximum Gasteiger partial charge on any atom is 0.417 e. The van der Waals surface area contributed by atoms with Crippen LogP contribution in [0.4, 0.5) is 13.2 Å². The Morgan fingerprint density at radius 1 is 1.29 bits per heavy atom. The lowest BCUT2D eigenvalue weighted by Crippen LogP contribution is -2.50. The van der Waals surface area contributed by atoms with Crippen molar-refractivity contribution in [1.82, 2.24) is 4.90 Å². The van der Waals surface area contributed by atoms with Crippen molar-refractivity contribution >= 4 is 23.1 Å². The summed E-state index contributed by atoms with van der Waals surface area (Å²) >= 11 is 4.93. The van der Waals surface area contributed by atoms with Crippen molar-refractivity contribution in [2.45, 2.75) is 31.5 Å². The second-order valence-corrected chi connectivity index (χ2v) is 5.43. The van der Waals surface area contributed by atoms with E-state index in [0.29, 0.717) is 13.0 Å². The SMILES string of the molecule is NC(=S)C1CCCCN1C(=O)c1ccccc1C(F)(F)F. The van der Waals surface area contributed by atoms with Gasteiger partial charge in [-0.05, 0) is 31.4 Å². The lowest BCUT2D eigenvalue weighted by molar-refractivity contribution is -0.138. The molecule has 1 aromatic carbocycles. The van der Waals surface area contributed by atoms with Crippen LogP contribution >= 0.6 is 12.2 Å². The zero-order valence-electron chi connectivity index (χ0n) is 11.2. The first-order valence-corrected chi connectivity index (χ1v) is 6.99. The molecule has 0 aliphatic carbocycles. The van der Waals surface area contributed by atoms with E-state index in [2.05, 4.69) is 0 Å². The molecule has 7 heteroatoms. The van der Waals surface area contributed by atoms with Crippen LogP contribution in [-0.2, 0) is 6.18 Å². The highest BCUT2D eigenvalue weighted by Gasteiger charge is 2.37. The lowest BCUT2D eigenvalue weighted by Gasteiger charge is -2.35. The van der Waals surface area contributed by atoms with E-state index in [0.717, 1.165) is 18.9 Å². The molecule has 1 saturated heterocycles. The van der Waals surface area contributed by atoms with Gasteiger partial charge in [0, 0.05) is 6.54 Å². The Balaban J connectivity index is 2.37. The fourth-order valence-corrected chi connectivity index (χ4v) is 2.79. The summed E-state index contributed by atoms with van der Waals surface area (Å²) in [5.74, 6) is -0.666. The summed E-state index contributed by atoms with van der Waals surface area (Å²) < 4.78 is 39.0. The van der Waals surface area contributed by atoms with Crippen LogP contribution in [-0.4, -0.2) is 28.4 Å². The van der Waals surface area contributed by atoms with Gasteiger partial charge in [0.2, 0.25) is 0 Å². The molecule has 1 aliphatic heterocycles. The van der Waals surface area contributed by atoms with Gasteiger partial charge in [-0.3, -0.25) is 4.79 Å². The highest BCUT2D eigenvalue weighted by molar-refractivity contribution is 7.80. The standard InChI is InChI=1S/C14H15F3N2OS/c15-14(16,17)10-6-2-1-5-9(10)13(20)19-8-4-3-7-11(19)12(18)21/h1-2,5-6,11H,3-4,7-8H2,(H2,18,21). The van der Waals surface area contributed by atoms with Gasteiger partial charge in [0.1, 0.15) is 0 Å². The molecule has 0 spiro atoms. The van der Waals surface area contributed by atoms with Crippen LogP contribution in [0.5, 0.6) is 0 Å². The van der Waals surface area contributed by atoms with Crippen molar-refractivity contribution in [1.29, 1.82) is 0 Å². The largest absolute Gasteiger partial charge is 0.417 e. The second kappa shape index (κ2) is 6.01. The number of nitrogens with zero attached hydrogens (tertiary/aromatic N) is 1. The lowest BCUT2D eigenvalue weighted by atomic mass is 9.99. The molecule has 1 heterocycles. The van der Waals surface area contributed by atoms with Crippen LogP contribution in [0.3, 0.4) is 0 Å². The number of thiocarbonyl (C=S) groups is 1. The Labute approximate surface area is 125 Å². The number of hydrogen-bond donors (Lipinski definition) is 1. The van der Waals surface area contributed by atoms with Gasteiger partial charge in [0.25, 0.3) is 5.91 Å². The molecule has 114 valence electrons. The van der Waals surface area contributed by atoms with E-state index in [-0.39, 0.29) is 10.6 Å². The molecule has 2 N–H and O–H groups in total. The van der Waals surface area contributed by atoms with Gasteiger partial charge in [-0.1, -0.05) is 24.4 Å². The van der Waals surface area contributed by atoms with Crippen LogP contribution in [0.15, 0.2) is 24.3 Å². The van der Waals surface area contributed by atoms with Crippen molar-refractivity contribution < 1.29 is 18.0 Å².